The molecule has 1 unspecified atom stereocenters. The van der Waals surface area contributed by atoms with Gasteiger partial charge in [0.1, 0.15) is 5.82 Å². The van der Waals surface area contributed by atoms with Gasteiger partial charge in [-0.1, -0.05) is 26.0 Å². The first kappa shape index (κ1) is 19.8. The van der Waals surface area contributed by atoms with Crippen LogP contribution in [0.2, 0.25) is 0 Å². The molecule has 6 heteroatoms. The fourth-order valence-corrected chi connectivity index (χ4v) is 5.12. The van der Waals surface area contributed by atoms with Crippen LogP contribution in [0.3, 0.4) is 0 Å². The Bertz CT molecular complexity index is 1190. The molecule has 2 amide bonds. The predicted octanol–water partition coefficient (Wildman–Crippen LogP) is 4.21. The molecule has 1 saturated heterocycles. The van der Waals surface area contributed by atoms with Crippen molar-refractivity contribution in [3.8, 4) is 0 Å². The van der Waals surface area contributed by atoms with Gasteiger partial charge in [0.15, 0.2) is 0 Å². The first-order valence-electron chi connectivity index (χ1n) is 11.0. The number of aromatic nitrogens is 2. The van der Waals surface area contributed by atoms with Gasteiger partial charge in [0.25, 0.3) is 5.91 Å². The van der Waals surface area contributed by atoms with Crippen LogP contribution in [-0.4, -0.2) is 39.4 Å². The minimum atomic E-state index is -0.286. The molecule has 31 heavy (non-hydrogen) atoms. The quantitative estimate of drug-likeness (QED) is 0.680. The number of amides is 2. The summed E-state index contributed by atoms with van der Waals surface area (Å²) in [7, 11) is 2.06. The molecule has 3 aromatic rings. The summed E-state index contributed by atoms with van der Waals surface area (Å²) in [6, 6.07) is 13.8. The molecule has 6 nitrogen and oxygen atoms in total. The molecule has 0 aliphatic carbocycles. The topological polar surface area (TPSA) is 67.2 Å². The van der Waals surface area contributed by atoms with Crippen LogP contribution < -0.4 is 5.32 Å². The summed E-state index contributed by atoms with van der Waals surface area (Å²) in [6.07, 6.45) is 2.42. The van der Waals surface area contributed by atoms with E-state index in [1.54, 1.807) is 0 Å². The summed E-state index contributed by atoms with van der Waals surface area (Å²) in [4.78, 5) is 32.2. The second-order valence-corrected chi connectivity index (χ2v) is 9.48. The maximum absolute atomic E-state index is 13.4. The van der Waals surface area contributed by atoms with Crippen molar-refractivity contribution in [2.45, 2.75) is 44.4 Å². The van der Waals surface area contributed by atoms with Crippen molar-refractivity contribution < 1.29 is 9.59 Å². The van der Waals surface area contributed by atoms with Gasteiger partial charge in [0.05, 0.1) is 11.0 Å². The predicted molar refractivity (Wildman–Crippen MR) is 121 cm³/mol. The first-order valence-corrected chi connectivity index (χ1v) is 11.0. The minimum absolute atomic E-state index is 0.0258. The lowest BCUT2D eigenvalue weighted by atomic mass is 9.77. The standard InChI is InChI=1S/C25H28N4O2/c1-25(2)14-22(30)26-19-11-10-16(13-18(19)25)24(31)29-12-6-7-17(15-29)23-27-20-8-4-5-9-21(20)28(23)3/h4-5,8-11,13,17H,6-7,12,14-15H2,1-3H3,(H,26,30). The summed E-state index contributed by atoms with van der Waals surface area (Å²) in [6.45, 7) is 5.55. The van der Waals surface area contributed by atoms with E-state index in [4.69, 9.17) is 4.98 Å². The van der Waals surface area contributed by atoms with Crippen LogP contribution >= 0.6 is 0 Å². The number of piperidine rings is 1. The normalized spacial score (nSPS) is 20.4. The Kier molecular flexibility index (Phi) is 4.61. The zero-order chi connectivity index (χ0) is 21.8. The van der Waals surface area contributed by atoms with Crippen LogP contribution in [0.15, 0.2) is 42.5 Å². The molecule has 1 fully saturated rings. The highest BCUT2D eigenvalue weighted by molar-refractivity contribution is 5.99. The highest BCUT2D eigenvalue weighted by Crippen LogP contribution is 2.38. The van der Waals surface area contributed by atoms with Crippen molar-refractivity contribution >= 4 is 28.5 Å². The number of aryl methyl sites for hydroxylation is 1. The van der Waals surface area contributed by atoms with Gasteiger partial charge in [-0.2, -0.15) is 0 Å². The van der Waals surface area contributed by atoms with Crippen molar-refractivity contribution in [1.29, 1.82) is 0 Å². The monoisotopic (exact) mass is 416 g/mol. The lowest BCUT2D eigenvalue weighted by molar-refractivity contribution is -0.117. The van der Waals surface area contributed by atoms with Crippen LogP contribution in [0.5, 0.6) is 0 Å². The molecule has 0 spiro atoms. The number of rotatable bonds is 2. The molecule has 3 heterocycles. The van der Waals surface area contributed by atoms with E-state index in [9.17, 15) is 9.59 Å². The summed E-state index contributed by atoms with van der Waals surface area (Å²) >= 11 is 0. The Morgan fingerprint density at radius 2 is 2.00 bits per heavy atom. The van der Waals surface area contributed by atoms with Gasteiger partial charge in [-0.25, -0.2) is 4.98 Å². The van der Waals surface area contributed by atoms with Crippen molar-refractivity contribution in [2.24, 2.45) is 7.05 Å². The highest BCUT2D eigenvalue weighted by Gasteiger charge is 2.34. The zero-order valence-electron chi connectivity index (χ0n) is 18.3. The van der Waals surface area contributed by atoms with E-state index < -0.39 is 0 Å². The summed E-state index contributed by atoms with van der Waals surface area (Å²) < 4.78 is 2.16. The van der Waals surface area contributed by atoms with Gasteiger partial charge in [0.2, 0.25) is 5.91 Å². The van der Waals surface area contributed by atoms with E-state index in [-0.39, 0.29) is 23.1 Å². The van der Waals surface area contributed by atoms with Gasteiger partial charge in [-0.05, 0) is 48.7 Å². The van der Waals surface area contributed by atoms with Gasteiger partial charge in [-0.15, -0.1) is 0 Å². The molecule has 0 bridgehead atoms. The van der Waals surface area contributed by atoms with Crippen LogP contribution in [-0.2, 0) is 17.3 Å². The Morgan fingerprint density at radius 3 is 2.81 bits per heavy atom. The largest absolute Gasteiger partial charge is 0.338 e. The number of likely N-dealkylation sites (tertiary alicyclic amines) is 1. The molecular formula is C25H28N4O2. The third-order valence-electron chi connectivity index (χ3n) is 6.77. The number of nitrogens with zero attached hydrogens (tertiary/aromatic N) is 3. The molecule has 0 radical (unpaired) electrons. The summed E-state index contributed by atoms with van der Waals surface area (Å²) in [5.41, 5.74) is 4.37. The molecule has 2 aliphatic rings. The van der Waals surface area contributed by atoms with Gasteiger partial charge in [-0.3, -0.25) is 9.59 Å². The summed E-state index contributed by atoms with van der Waals surface area (Å²) in [5, 5.41) is 2.93. The number of carbonyl (C=O) groups is 2. The van der Waals surface area contributed by atoms with Gasteiger partial charge in [0, 0.05) is 49.1 Å². The third kappa shape index (κ3) is 3.40. The van der Waals surface area contributed by atoms with Crippen molar-refractivity contribution in [2.75, 3.05) is 18.4 Å². The van der Waals surface area contributed by atoms with E-state index in [2.05, 4.69) is 36.8 Å². The third-order valence-corrected chi connectivity index (χ3v) is 6.77. The molecule has 2 aromatic carbocycles. The fraction of sp³-hybridized carbons (Fsp3) is 0.400. The lowest BCUT2D eigenvalue weighted by Crippen LogP contribution is -2.40. The first-order chi connectivity index (χ1) is 14.8. The molecular weight excluding hydrogens is 388 g/mol. The van der Waals surface area contributed by atoms with Crippen LogP contribution in [0.1, 0.15) is 60.8 Å². The van der Waals surface area contributed by atoms with Crippen molar-refractivity contribution in [3.63, 3.8) is 0 Å². The van der Waals surface area contributed by atoms with E-state index in [0.717, 1.165) is 47.5 Å². The zero-order valence-corrected chi connectivity index (χ0v) is 18.3. The number of hydrogen-bond acceptors (Lipinski definition) is 3. The maximum Gasteiger partial charge on any atom is 0.253 e. The molecule has 2 aliphatic heterocycles. The number of para-hydroxylation sites is 2. The Morgan fingerprint density at radius 1 is 1.19 bits per heavy atom. The number of hydrogen-bond donors (Lipinski definition) is 1. The average molecular weight is 417 g/mol. The van der Waals surface area contributed by atoms with E-state index >= 15 is 0 Å². The van der Waals surface area contributed by atoms with E-state index in [1.807, 2.05) is 41.3 Å². The molecule has 1 aromatic heterocycles. The average Bonchev–Trinajstić information content (AvgIpc) is 3.09. The number of carbonyl (C=O) groups excluding carboxylic acids is 2. The summed E-state index contributed by atoms with van der Waals surface area (Å²) in [5.74, 6) is 1.35. The van der Waals surface area contributed by atoms with E-state index in [1.165, 1.54) is 0 Å². The number of benzene rings is 2. The molecule has 160 valence electrons. The fourth-order valence-electron chi connectivity index (χ4n) is 5.12. The number of imidazole rings is 1. The number of fused-ring (bicyclic) bond motifs is 2. The SMILES string of the molecule is Cn1c(C2CCCN(C(=O)c3ccc4c(c3)C(C)(C)CC(=O)N4)C2)nc2ccccc21. The second-order valence-electron chi connectivity index (χ2n) is 9.48. The Hall–Kier alpha value is -3.15. The minimum Gasteiger partial charge on any atom is -0.338 e. The smallest absolute Gasteiger partial charge is 0.253 e. The van der Waals surface area contributed by atoms with Gasteiger partial charge < -0.3 is 14.8 Å². The van der Waals surface area contributed by atoms with E-state index in [0.29, 0.717) is 18.5 Å². The van der Waals surface area contributed by atoms with Crippen LogP contribution in [0, 0.1) is 0 Å². The number of nitrogens with one attached hydrogen (secondary N) is 1. The number of anilines is 1. The second kappa shape index (κ2) is 7.22. The van der Waals surface area contributed by atoms with Crippen molar-refractivity contribution in [1.82, 2.24) is 14.5 Å². The van der Waals surface area contributed by atoms with Crippen molar-refractivity contribution in [3.05, 3.63) is 59.4 Å². The molecule has 1 N–H and O–H groups in total. The Balaban J connectivity index is 1.41. The maximum atomic E-state index is 13.4. The molecule has 1 atom stereocenters. The molecule has 5 rings (SSSR count). The Labute approximate surface area is 182 Å². The van der Waals surface area contributed by atoms with Crippen LogP contribution in [0.25, 0.3) is 11.0 Å². The molecule has 0 saturated carbocycles. The highest BCUT2D eigenvalue weighted by atomic mass is 16.2. The lowest BCUT2D eigenvalue weighted by Gasteiger charge is -2.34. The van der Waals surface area contributed by atoms with Crippen LogP contribution in [0.4, 0.5) is 5.69 Å². The van der Waals surface area contributed by atoms with Gasteiger partial charge >= 0.3 is 0 Å².